The lowest BCUT2D eigenvalue weighted by Crippen LogP contribution is -2.56. The molecular formula is C33H53N3O4. The van der Waals surface area contributed by atoms with E-state index < -0.39 is 29.3 Å². The molecule has 1 rings (SSSR count). The Bertz CT molecular complexity index is 983. The van der Waals surface area contributed by atoms with Gasteiger partial charge in [0, 0.05) is 17.6 Å². The number of hydrogen-bond acceptors (Lipinski definition) is 4. The number of ether oxygens (including phenoxy) is 1. The van der Waals surface area contributed by atoms with E-state index in [0.29, 0.717) is 24.1 Å². The first-order chi connectivity index (χ1) is 18.6. The van der Waals surface area contributed by atoms with E-state index >= 15 is 0 Å². The van der Waals surface area contributed by atoms with Crippen LogP contribution in [0.25, 0.3) is 0 Å². The van der Waals surface area contributed by atoms with Crippen LogP contribution in [-0.2, 0) is 14.3 Å². The molecule has 3 unspecified atom stereocenters. The molecule has 3 atom stereocenters. The predicted octanol–water partition coefficient (Wildman–Crippen LogP) is 6.75. The highest BCUT2D eigenvalue weighted by molar-refractivity contribution is 5.92. The molecule has 0 aromatic heterocycles. The van der Waals surface area contributed by atoms with Gasteiger partial charge in [-0.05, 0) is 71.6 Å². The number of benzene rings is 1. The van der Waals surface area contributed by atoms with Crippen LogP contribution in [0.15, 0.2) is 24.3 Å². The van der Waals surface area contributed by atoms with Gasteiger partial charge in [0.05, 0.1) is 0 Å². The van der Waals surface area contributed by atoms with Crippen molar-refractivity contribution >= 4 is 17.9 Å². The summed E-state index contributed by atoms with van der Waals surface area (Å²) in [6.45, 7) is 17.5. The first-order valence-corrected chi connectivity index (χ1v) is 14.8. The summed E-state index contributed by atoms with van der Waals surface area (Å²) >= 11 is 0. The van der Waals surface area contributed by atoms with E-state index in [9.17, 15) is 14.4 Å². The second-order valence-electron chi connectivity index (χ2n) is 12.7. The van der Waals surface area contributed by atoms with Gasteiger partial charge in [-0.2, -0.15) is 0 Å². The molecule has 0 heterocycles. The fourth-order valence-corrected chi connectivity index (χ4v) is 4.40. The second kappa shape index (κ2) is 16.3. The van der Waals surface area contributed by atoms with E-state index in [1.165, 1.54) is 6.42 Å². The summed E-state index contributed by atoms with van der Waals surface area (Å²) in [5.41, 5.74) is 0.143. The maximum atomic E-state index is 14.4. The van der Waals surface area contributed by atoms with Gasteiger partial charge in [0.25, 0.3) is 0 Å². The summed E-state index contributed by atoms with van der Waals surface area (Å²) in [7, 11) is 0. The van der Waals surface area contributed by atoms with Gasteiger partial charge in [-0.15, -0.1) is 6.42 Å². The number of unbranched alkanes of at least 4 members (excludes halogenated alkanes) is 5. The molecule has 7 nitrogen and oxygen atoms in total. The third-order valence-corrected chi connectivity index (χ3v) is 6.64. The van der Waals surface area contributed by atoms with E-state index in [4.69, 9.17) is 11.2 Å². The smallest absolute Gasteiger partial charge is 0.408 e. The number of rotatable bonds is 14. The zero-order valence-corrected chi connectivity index (χ0v) is 26.4. The van der Waals surface area contributed by atoms with Crippen LogP contribution in [-0.4, -0.2) is 46.5 Å². The summed E-state index contributed by atoms with van der Waals surface area (Å²) in [6, 6.07) is 5.44. The van der Waals surface area contributed by atoms with Crippen LogP contribution >= 0.6 is 0 Å². The Balaban J connectivity index is 3.53. The molecule has 0 saturated heterocycles. The summed E-state index contributed by atoms with van der Waals surface area (Å²) < 4.78 is 5.49. The Labute approximate surface area is 243 Å². The maximum absolute atomic E-state index is 14.4. The van der Waals surface area contributed by atoms with E-state index in [1.807, 2.05) is 46.8 Å². The lowest BCUT2D eigenvalue weighted by atomic mass is 9.94. The average Bonchev–Trinajstić information content (AvgIpc) is 2.85. The summed E-state index contributed by atoms with van der Waals surface area (Å²) in [6.07, 6.45) is 11.8. The molecule has 1 aromatic carbocycles. The number of alkyl carbamates (subject to hydrolysis) is 1. The zero-order chi connectivity index (χ0) is 30.5. The molecule has 1 aromatic rings. The fraction of sp³-hybridized carbons (Fsp3) is 0.667. The first kappa shape index (κ1) is 35.0. The van der Waals surface area contributed by atoms with Crippen molar-refractivity contribution in [2.24, 2.45) is 5.92 Å². The van der Waals surface area contributed by atoms with Gasteiger partial charge in [0.15, 0.2) is 0 Å². The minimum Gasteiger partial charge on any atom is -0.444 e. The van der Waals surface area contributed by atoms with Crippen LogP contribution in [0.5, 0.6) is 0 Å². The molecule has 2 N–H and O–H groups in total. The number of nitrogens with zero attached hydrogens (tertiary/aromatic N) is 1. The van der Waals surface area contributed by atoms with Crippen molar-refractivity contribution < 1.29 is 19.1 Å². The van der Waals surface area contributed by atoms with Crippen molar-refractivity contribution in [1.29, 1.82) is 0 Å². The number of nitrogens with one attached hydrogen (secondary N) is 2. The largest absolute Gasteiger partial charge is 0.444 e. The summed E-state index contributed by atoms with van der Waals surface area (Å²) in [4.78, 5) is 42.7. The third kappa shape index (κ3) is 12.4. The SMILES string of the molecule is C#Cc1ccc(C(C(=O)NC(C)(C)C)N(CCCCCCCC)C(=O)C(NC(=O)OC(C)(C)C)C(C)CC)cc1. The topological polar surface area (TPSA) is 87.7 Å². The van der Waals surface area contributed by atoms with Gasteiger partial charge in [0.1, 0.15) is 17.7 Å². The highest BCUT2D eigenvalue weighted by Crippen LogP contribution is 2.27. The summed E-state index contributed by atoms with van der Waals surface area (Å²) in [5.74, 6) is 1.85. The molecule has 0 spiro atoms. The summed E-state index contributed by atoms with van der Waals surface area (Å²) in [5, 5.41) is 5.89. The fourth-order valence-electron chi connectivity index (χ4n) is 4.40. The molecule has 0 fully saturated rings. The molecule has 224 valence electrons. The second-order valence-corrected chi connectivity index (χ2v) is 12.7. The van der Waals surface area contributed by atoms with E-state index in [0.717, 1.165) is 32.1 Å². The molecule has 0 radical (unpaired) electrons. The molecule has 7 heteroatoms. The van der Waals surface area contributed by atoms with Crippen molar-refractivity contribution in [3.8, 4) is 12.3 Å². The zero-order valence-electron chi connectivity index (χ0n) is 26.4. The average molecular weight is 556 g/mol. The first-order valence-electron chi connectivity index (χ1n) is 14.8. The van der Waals surface area contributed by atoms with Gasteiger partial charge < -0.3 is 20.3 Å². The van der Waals surface area contributed by atoms with Crippen molar-refractivity contribution in [3.63, 3.8) is 0 Å². The number of hydrogen-bond donors (Lipinski definition) is 2. The van der Waals surface area contributed by atoms with Crippen molar-refractivity contribution in [1.82, 2.24) is 15.5 Å². The van der Waals surface area contributed by atoms with Gasteiger partial charge in [-0.25, -0.2) is 4.79 Å². The Kier molecular flexibility index (Phi) is 14.3. The lowest BCUT2D eigenvalue weighted by molar-refractivity contribution is -0.144. The van der Waals surface area contributed by atoms with Crippen LogP contribution in [0.2, 0.25) is 0 Å². The molecule has 0 aliphatic heterocycles. The maximum Gasteiger partial charge on any atom is 0.408 e. The molecule has 3 amide bonds. The van der Waals surface area contributed by atoms with Gasteiger partial charge in [-0.3, -0.25) is 9.59 Å². The molecule has 0 bridgehead atoms. The Morgan fingerprint density at radius 3 is 2.02 bits per heavy atom. The number of carbonyl (C=O) groups excluding carboxylic acids is 3. The molecule has 0 saturated carbocycles. The quantitative estimate of drug-likeness (QED) is 0.196. The monoisotopic (exact) mass is 555 g/mol. The Hall–Kier alpha value is -3.01. The molecular weight excluding hydrogens is 502 g/mol. The Morgan fingerprint density at radius 2 is 1.52 bits per heavy atom. The highest BCUT2D eigenvalue weighted by atomic mass is 16.6. The minimum atomic E-state index is -0.888. The normalized spacial score (nSPS) is 13.9. The van der Waals surface area contributed by atoms with Gasteiger partial charge in [-0.1, -0.05) is 77.3 Å². The minimum absolute atomic E-state index is 0.179. The predicted molar refractivity (Wildman–Crippen MR) is 163 cm³/mol. The highest BCUT2D eigenvalue weighted by Gasteiger charge is 2.38. The van der Waals surface area contributed by atoms with Gasteiger partial charge >= 0.3 is 6.09 Å². The van der Waals surface area contributed by atoms with Crippen molar-refractivity contribution in [3.05, 3.63) is 35.4 Å². The van der Waals surface area contributed by atoms with E-state index in [1.54, 1.807) is 37.8 Å². The van der Waals surface area contributed by atoms with E-state index in [-0.39, 0.29) is 17.7 Å². The van der Waals surface area contributed by atoms with Crippen LogP contribution in [0, 0.1) is 18.3 Å². The standard InChI is InChI=1S/C33H53N3O4/c1-11-14-15-16-17-18-23-36(30(38)27(24(4)12-2)34-31(39)40-33(8,9)10)28(29(37)35-32(5,6)7)26-21-19-25(13-3)20-22-26/h3,19-22,24,27-28H,11-12,14-18,23H2,1-2,4-10H3,(H,34,39)(H,35,37). The Morgan fingerprint density at radius 1 is 0.950 bits per heavy atom. The molecule has 0 aliphatic carbocycles. The molecule has 0 aliphatic rings. The van der Waals surface area contributed by atoms with Crippen LogP contribution in [0.1, 0.15) is 124 Å². The van der Waals surface area contributed by atoms with Gasteiger partial charge in [0.2, 0.25) is 11.8 Å². The van der Waals surface area contributed by atoms with Crippen molar-refractivity contribution in [2.75, 3.05) is 6.54 Å². The number of amides is 3. The lowest BCUT2D eigenvalue weighted by Gasteiger charge is -2.37. The number of carbonyl (C=O) groups is 3. The van der Waals surface area contributed by atoms with E-state index in [2.05, 4.69) is 23.5 Å². The van der Waals surface area contributed by atoms with Crippen LogP contribution < -0.4 is 10.6 Å². The van der Waals surface area contributed by atoms with Crippen LogP contribution in [0.4, 0.5) is 4.79 Å². The third-order valence-electron chi connectivity index (χ3n) is 6.64. The number of terminal acetylenes is 1. The van der Waals surface area contributed by atoms with Crippen molar-refractivity contribution in [2.45, 2.75) is 130 Å². The molecule has 40 heavy (non-hydrogen) atoms. The van der Waals surface area contributed by atoms with Crippen LogP contribution in [0.3, 0.4) is 0 Å².